The Bertz CT molecular complexity index is 1720. The standard InChI is InChI=1S/C32H30F2N6O/c1-21-7-9-23(10-8-21)19-28-35-30(29-22(2)37-40(31(29)36-28)27-13-11-25(33)12-14-27)38-15-4-16-39(18-17-38)32(41)24-5-3-6-26(34)20-24/h3,5-14,20H,4,15-19H2,1-2H3. The van der Waals surface area contributed by atoms with Gasteiger partial charge in [-0.3, -0.25) is 4.79 Å². The van der Waals surface area contributed by atoms with Gasteiger partial charge in [-0.2, -0.15) is 5.10 Å². The maximum absolute atomic E-state index is 13.8. The largest absolute Gasteiger partial charge is 0.354 e. The van der Waals surface area contributed by atoms with E-state index in [-0.39, 0.29) is 11.7 Å². The normalized spacial score (nSPS) is 14.0. The van der Waals surface area contributed by atoms with Crippen LogP contribution < -0.4 is 4.90 Å². The zero-order valence-electron chi connectivity index (χ0n) is 23.0. The fraction of sp³-hybridized carbons (Fsp3) is 0.250. The second-order valence-corrected chi connectivity index (χ2v) is 10.4. The van der Waals surface area contributed by atoms with Gasteiger partial charge in [0.25, 0.3) is 5.91 Å². The van der Waals surface area contributed by atoms with Gasteiger partial charge < -0.3 is 9.80 Å². The highest BCUT2D eigenvalue weighted by Gasteiger charge is 2.26. The Kier molecular flexibility index (Phi) is 7.17. The SMILES string of the molecule is Cc1ccc(Cc2nc(N3CCCN(C(=O)c4cccc(F)c4)CC3)c3c(C)nn(-c4ccc(F)cc4)c3n2)cc1. The number of carbonyl (C=O) groups is 1. The molecule has 2 aromatic heterocycles. The molecule has 7 nitrogen and oxygen atoms in total. The van der Waals surface area contributed by atoms with Gasteiger partial charge in [-0.15, -0.1) is 0 Å². The summed E-state index contributed by atoms with van der Waals surface area (Å²) in [5.41, 5.74) is 4.74. The molecule has 1 amide bonds. The van der Waals surface area contributed by atoms with Crippen LogP contribution in [0.15, 0.2) is 72.8 Å². The summed E-state index contributed by atoms with van der Waals surface area (Å²) >= 11 is 0. The molecule has 9 heteroatoms. The Morgan fingerprint density at radius 3 is 2.39 bits per heavy atom. The maximum Gasteiger partial charge on any atom is 0.254 e. The van der Waals surface area contributed by atoms with Crippen LogP contribution in [0.3, 0.4) is 0 Å². The number of fused-ring (bicyclic) bond motifs is 1. The number of halogens is 2. The lowest BCUT2D eigenvalue weighted by molar-refractivity contribution is 0.0766. The van der Waals surface area contributed by atoms with Gasteiger partial charge in [-0.25, -0.2) is 23.4 Å². The van der Waals surface area contributed by atoms with Crippen LogP contribution in [0, 0.1) is 25.5 Å². The van der Waals surface area contributed by atoms with Crippen molar-refractivity contribution in [1.82, 2.24) is 24.6 Å². The highest BCUT2D eigenvalue weighted by atomic mass is 19.1. The van der Waals surface area contributed by atoms with E-state index in [1.807, 2.05) is 6.92 Å². The minimum atomic E-state index is -0.426. The Labute approximate surface area is 237 Å². The maximum atomic E-state index is 13.8. The van der Waals surface area contributed by atoms with Crippen LogP contribution in [0.2, 0.25) is 0 Å². The number of nitrogens with zero attached hydrogens (tertiary/aromatic N) is 6. The number of anilines is 1. The Balaban J connectivity index is 1.38. The van der Waals surface area contributed by atoms with Crippen LogP contribution >= 0.6 is 0 Å². The first-order chi connectivity index (χ1) is 19.9. The molecule has 0 unspecified atom stereocenters. The molecule has 208 valence electrons. The van der Waals surface area contributed by atoms with Crippen LogP contribution in [0.1, 0.15) is 39.4 Å². The molecule has 1 fully saturated rings. The topological polar surface area (TPSA) is 67.2 Å². The Hall–Kier alpha value is -4.66. The molecule has 1 saturated heterocycles. The zero-order valence-corrected chi connectivity index (χ0v) is 23.0. The van der Waals surface area contributed by atoms with Crippen molar-refractivity contribution in [3.05, 3.63) is 113 Å². The molecule has 0 spiro atoms. The first-order valence-electron chi connectivity index (χ1n) is 13.7. The number of aryl methyl sites for hydroxylation is 2. The minimum absolute atomic E-state index is 0.181. The number of rotatable bonds is 5. The second-order valence-electron chi connectivity index (χ2n) is 10.4. The third-order valence-corrected chi connectivity index (χ3v) is 7.44. The van der Waals surface area contributed by atoms with E-state index in [0.29, 0.717) is 55.3 Å². The molecule has 0 aliphatic carbocycles. The molecule has 0 atom stereocenters. The van der Waals surface area contributed by atoms with Crippen molar-refractivity contribution in [2.24, 2.45) is 0 Å². The van der Waals surface area contributed by atoms with Crippen molar-refractivity contribution in [2.45, 2.75) is 26.7 Å². The van der Waals surface area contributed by atoms with E-state index in [1.165, 1.54) is 29.8 Å². The molecule has 0 saturated carbocycles. The van der Waals surface area contributed by atoms with Gasteiger partial charge >= 0.3 is 0 Å². The van der Waals surface area contributed by atoms with Gasteiger partial charge in [0.2, 0.25) is 0 Å². The van der Waals surface area contributed by atoms with E-state index < -0.39 is 5.82 Å². The lowest BCUT2D eigenvalue weighted by atomic mass is 10.1. The Morgan fingerprint density at radius 2 is 1.63 bits per heavy atom. The number of amides is 1. The summed E-state index contributed by atoms with van der Waals surface area (Å²) in [5.74, 6) is 0.490. The molecule has 3 heterocycles. The van der Waals surface area contributed by atoms with Crippen LogP contribution in [0.5, 0.6) is 0 Å². The molecule has 41 heavy (non-hydrogen) atoms. The van der Waals surface area contributed by atoms with Gasteiger partial charge in [-0.05, 0) is 68.3 Å². The van der Waals surface area contributed by atoms with Crippen molar-refractivity contribution < 1.29 is 13.6 Å². The molecule has 5 aromatic rings. The lowest BCUT2D eigenvalue weighted by Gasteiger charge is -2.24. The van der Waals surface area contributed by atoms with E-state index in [2.05, 4.69) is 36.1 Å². The molecule has 3 aromatic carbocycles. The predicted molar refractivity (Wildman–Crippen MR) is 154 cm³/mol. The highest BCUT2D eigenvalue weighted by molar-refractivity contribution is 5.94. The summed E-state index contributed by atoms with van der Waals surface area (Å²) < 4.78 is 29.2. The molecular formula is C32H30F2N6O. The number of aromatic nitrogens is 4. The fourth-order valence-electron chi connectivity index (χ4n) is 5.30. The van der Waals surface area contributed by atoms with Crippen molar-refractivity contribution in [2.75, 3.05) is 31.1 Å². The average Bonchev–Trinajstić information content (AvgIpc) is 3.13. The number of benzene rings is 3. The van der Waals surface area contributed by atoms with Crippen molar-refractivity contribution in [3.8, 4) is 5.69 Å². The first kappa shape index (κ1) is 26.6. The monoisotopic (exact) mass is 552 g/mol. The summed E-state index contributed by atoms with van der Waals surface area (Å²) in [6, 6.07) is 20.3. The van der Waals surface area contributed by atoms with Crippen LogP contribution in [-0.4, -0.2) is 56.7 Å². The Morgan fingerprint density at radius 1 is 0.854 bits per heavy atom. The summed E-state index contributed by atoms with van der Waals surface area (Å²) in [6.45, 7) is 6.24. The third kappa shape index (κ3) is 5.52. The first-order valence-corrected chi connectivity index (χ1v) is 13.7. The van der Waals surface area contributed by atoms with Crippen LogP contribution in [0.25, 0.3) is 16.7 Å². The van der Waals surface area contributed by atoms with Crippen molar-refractivity contribution in [3.63, 3.8) is 0 Å². The molecule has 0 bridgehead atoms. The summed E-state index contributed by atoms with van der Waals surface area (Å²) in [5, 5.41) is 5.61. The molecule has 6 rings (SSSR count). The summed E-state index contributed by atoms with van der Waals surface area (Å²) in [6.07, 6.45) is 1.26. The number of hydrogen-bond donors (Lipinski definition) is 0. The number of carbonyl (C=O) groups excluding carboxylic acids is 1. The minimum Gasteiger partial charge on any atom is -0.354 e. The molecule has 0 N–H and O–H groups in total. The van der Waals surface area contributed by atoms with Gasteiger partial charge in [-0.1, -0.05) is 35.9 Å². The zero-order chi connectivity index (χ0) is 28.5. The third-order valence-electron chi connectivity index (χ3n) is 7.44. The quantitative estimate of drug-likeness (QED) is 0.282. The van der Waals surface area contributed by atoms with Crippen molar-refractivity contribution >= 4 is 22.8 Å². The molecular weight excluding hydrogens is 522 g/mol. The van der Waals surface area contributed by atoms with Crippen molar-refractivity contribution in [1.29, 1.82) is 0 Å². The molecule has 0 radical (unpaired) electrons. The van der Waals surface area contributed by atoms with Gasteiger partial charge in [0.1, 0.15) is 23.3 Å². The lowest BCUT2D eigenvalue weighted by Crippen LogP contribution is -2.35. The highest BCUT2D eigenvalue weighted by Crippen LogP contribution is 2.30. The summed E-state index contributed by atoms with van der Waals surface area (Å²) in [7, 11) is 0. The predicted octanol–water partition coefficient (Wildman–Crippen LogP) is 5.65. The smallest absolute Gasteiger partial charge is 0.254 e. The van der Waals surface area contributed by atoms with E-state index in [1.54, 1.807) is 33.8 Å². The molecule has 1 aliphatic heterocycles. The van der Waals surface area contributed by atoms with Crippen LogP contribution in [0.4, 0.5) is 14.6 Å². The average molecular weight is 553 g/mol. The van der Waals surface area contributed by atoms with E-state index in [0.717, 1.165) is 28.9 Å². The second kappa shape index (κ2) is 11.1. The van der Waals surface area contributed by atoms with E-state index in [4.69, 9.17) is 15.1 Å². The van der Waals surface area contributed by atoms with Gasteiger partial charge in [0.05, 0.1) is 16.8 Å². The van der Waals surface area contributed by atoms with Gasteiger partial charge in [0.15, 0.2) is 5.65 Å². The molecule has 1 aliphatic rings. The van der Waals surface area contributed by atoms with E-state index >= 15 is 0 Å². The number of hydrogen-bond acceptors (Lipinski definition) is 5. The van der Waals surface area contributed by atoms with Gasteiger partial charge in [0, 0.05) is 38.2 Å². The van der Waals surface area contributed by atoms with E-state index in [9.17, 15) is 13.6 Å². The summed E-state index contributed by atoms with van der Waals surface area (Å²) in [4.78, 5) is 27.1. The van der Waals surface area contributed by atoms with Crippen LogP contribution in [-0.2, 0) is 6.42 Å². The fourth-order valence-corrected chi connectivity index (χ4v) is 5.30.